The van der Waals surface area contributed by atoms with Gasteiger partial charge in [-0.05, 0) is 62.3 Å². The number of nitrogens with one attached hydrogen (secondary N) is 1. The van der Waals surface area contributed by atoms with E-state index in [4.69, 9.17) is 9.15 Å². The summed E-state index contributed by atoms with van der Waals surface area (Å²) in [7, 11) is 1.60. The molecule has 2 aromatic rings. The maximum Gasteiger partial charge on any atom is 0.287 e. The highest BCUT2D eigenvalue weighted by Gasteiger charge is 2.32. The summed E-state index contributed by atoms with van der Waals surface area (Å²) in [5, 5.41) is 2.92. The Morgan fingerprint density at radius 1 is 1.18 bits per heavy atom. The number of anilines is 1. The van der Waals surface area contributed by atoms with Crippen LogP contribution in [0.5, 0.6) is 5.75 Å². The van der Waals surface area contributed by atoms with Crippen LogP contribution in [0.15, 0.2) is 40.8 Å². The monoisotopic (exact) mass is 383 g/mol. The fourth-order valence-corrected chi connectivity index (χ4v) is 3.82. The van der Waals surface area contributed by atoms with Gasteiger partial charge < -0.3 is 19.4 Å². The van der Waals surface area contributed by atoms with Crippen LogP contribution >= 0.6 is 0 Å². The first kappa shape index (κ1) is 18.6. The van der Waals surface area contributed by atoms with E-state index in [0.717, 1.165) is 36.8 Å². The summed E-state index contributed by atoms with van der Waals surface area (Å²) >= 11 is 0. The summed E-state index contributed by atoms with van der Waals surface area (Å²) < 4.78 is 10.9. The van der Waals surface area contributed by atoms with E-state index in [0.29, 0.717) is 12.3 Å². The predicted molar refractivity (Wildman–Crippen MR) is 104 cm³/mol. The summed E-state index contributed by atoms with van der Waals surface area (Å²) in [6, 6.07) is 10.7. The molecule has 3 heterocycles. The Bertz CT molecular complexity index is 840. The lowest BCUT2D eigenvalue weighted by Crippen LogP contribution is -2.37. The van der Waals surface area contributed by atoms with Crippen molar-refractivity contribution >= 4 is 17.5 Å². The molecule has 2 saturated heterocycles. The van der Waals surface area contributed by atoms with Crippen LogP contribution in [0.2, 0.25) is 0 Å². The summed E-state index contributed by atoms with van der Waals surface area (Å²) in [4.78, 5) is 28.9. The lowest BCUT2D eigenvalue weighted by molar-refractivity contribution is -0.117. The van der Waals surface area contributed by atoms with Gasteiger partial charge in [-0.1, -0.05) is 0 Å². The molecule has 0 saturated carbocycles. The molecule has 7 nitrogen and oxygen atoms in total. The van der Waals surface area contributed by atoms with Crippen molar-refractivity contribution in [3.8, 4) is 5.75 Å². The van der Waals surface area contributed by atoms with Crippen LogP contribution in [0.1, 0.15) is 35.6 Å². The number of ether oxygens (including phenoxy) is 1. The molecule has 1 aromatic carbocycles. The molecule has 7 heteroatoms. The number of amides is 2. The Labute approximate surface area is 164 Å². The van der Waals surface area contributed by atoms with E-state index >= 15 is 0 Å². The zero-order chi connectivity index (χ0) is 19.5. The summed E-state index contributed by atoms with van der Waals surface area (Å²) in [6.07, 6.45) is 2.71. The second-order valence-corrected chi connectivity index (χ2v) is 7.33. The van der Waals surface area contributed by atoms with E-state index in [1.54, 1.807) is 18.1 Å². The summed E-state index contributed by atoms with van der Waals surface area (Å²) in [5.74, 6) is 1.55. The Kier molecular flexibility index (Phi) is 5.34. The van der Waals surface area contributed by atoms with Gasteiger partial charge in [0.1, 0.15) is 11.5 Å². The van der Waals surface area contributed by atoms with Gasteiger partial charge in [-0.25, -0.2) is 0 Å². The van der Waals surface area contributed by atoms with Gasteiger partial charge in [-0.2, -0.15) is 0 Å². The van der Waals surface area contributed by atoms with Crippen LogP contribution in [0, 0.1) is 0 Å². The molecule has 1 N–H and O–H groups in total. The van der Waals surface area contributed by atoms with Crippen molar-refractivity contribution in [2.75, 3.05) is 31.6 Å². The summed E-state index contributed by atoms with van der Waals surface area (Å²) in [6.45, 7) is 3.33. The zero-order valence-corrected chi connectivity index (χ0v) is 16.0. The number of rotatable bonds is 6. The molecule has 28 heavy (non-hydrogen) atoms. The number of carbonyl (C=O) groups excluding carboxylic acids is 2. The van der Waals surface area contributed by atoms with Crippen molar-refractivity contribution < 1.29 is 18.7 Å². The third kappa shape index (κ3) is 4.04. The quantitative estimate of drug-likeness (QED) is 0.829. The average Bonchev–Trinajstić information content (AvgIpc) is 3.44. The van der Waals surface area contributed by atoms with Gasteiger partial charge in [0.05, 0.1) is 19.7 Å². The van der Waals surface area contributed by atoms with Crippen LogP contribution < -0.4 is 15.0 Å². The van der Waals surface area contributed by atoms with Gasteiger partial charge in [0.15, 0.2) is 5.76 Å². The van der Waals surface area contributed by atoms with Crippen LogP contribution in [-0.2, 0) is 11.3 Å². The second-order valence-electron chi connectivity index (χ2n) is 7.33. The van der Waals surface area contributed by atoms with Crippen molar-refractivity contribution in [3.63, 3.8) is 0 Å². The smallest absolute Gasteiger partial charge is 0.287 e. The van der Waals surface area contributed by atoms with Gasteiger partial charge in [0, 0.05) is 18.7 Å². The van der Waals surface area contributed by atoms with E-state index in [2.05, 4.69) is 10.2 Å². The van der Waals surface area contributed by atoms with Crippen LogP contribution in [0.25, 0.3) is 0 Å². The molecular formula is C21H25N3O4. The predicted octanol–water partition coefficient (Wildman–Crippen LogP) is 2.42. The molecule has 0 bridgehead atoms. The van der Waals surface area contributed by atoms with Crippen LogP contribution in [0.3, 0.4) is 0 Å². The lowest BCUT2D eigenvalue weighted by Gasteiger charge is -2.17. The number of benzene rings is 1. The molecule has 2 amide bonds. The third-order valence-electron chi connectivity index (χ3n) is 5.31. The number of hydrogen-bond donors (Lipinski definition) is 1. The maximum absolute atomic E-state index is 12.5. The zero-order valence-electron chi connectivity index (χ0n) is 16.0. The van der Waals surface area contributed by atoms with Gasteiger partial charge in [0.25, 0.3) is 5.91 Å². The highest BCUT2D eigenvalue weighted by molar-refractivity contribution is 5.98. The molecule has 2 aliphatic rings. The van der Waals surface area contributed by atoms with E-state index < -0.39 is 0 Å². The molecule has 1 atom stereocenters. The maximum atomic E-state index is 12.5. The number of likely N-dealkylation sites (tertiary alicyclic amines) is 1. The molecular weight excluding hydrogens is 358 g/mol. The van der Waals surface area contributed by atoms with Crippen molar-refractivity contribution in [1.29, 1.82) is 0 Å². The Balaban J connectivity index is 1.34. The number of furan rings is 1. The van der Waals surface area contributed by atoms with Gasteiger partial charge in [-0.3, -0.25) is 14.5 Å². The normalized spacial score (nSPS) is 20.0. The second kappa shape index (κ2) is 8.06. The van der Waals surface area contributed by atoms with E-state index in [1.807, 2.05) is 30.3 Å². The topological polar surface area (TPSA) is 75.0 Å². The summed E-state index contributed by atoms with van der Waals surface area (Å²) in [5.41, 5.74) is 0.799. The number of carbonyl (C=O) groups is 2. The minimum absolute atomic E-state index is 0.00960. The van der Waals surface area contributed by atoms with Gasteiger partial charge >= 0.3 is 0 Å². The Morgan fingerprint density at radius 2 is 1.93 bits per heavy atom. The van der Waals surface area contributed by atoms with Crippen molar-refractivity contribution in [2.24, 2.45) is 0 Å². The molecule has 1 unspecified atom stereocenters. The first-order valence-electron chi connectivity index (χ1n) is 9.69. The number of hydrogen-bond acceptors (Lipinski definition) is 5. The molecule has 2 aliphatic heterocycles. The minimum Gasteiger partial charge on any atom is -0.497 e. The molecule has 0 aliphatic carbocycles. The largest absolute Gasteiger partial charge is 0.497 e. The average molecular weight is 383 g/mol. The number of nitrogens with zero attached hydrogens (tertiary/aromatic N) is 2. The molecule has 4 rings (SSSR count). The molecule has 1 aromatic heterocycles. The third-order valence-corrected chi connectivity index (χ3v) is 5.31. The van der Waals surface area contributed by atoms with E-state index in [9.17, 15) is 9.59 Å². The highest BCUT2D eigenvalue weighted by atomic mass is 16.5. The van der Waals surface area contributed by atoms with Crippen molar-refractivity contribution in [2.45, 2.75) is 31.8 Å². The molecule has 0 radical (unpaired) electrons. The van der Waals surface area contributed by atoms with Gasteiger partial charge in [-0.15, -0.1) is 0 Å². The van der Waals surface area contributed by atoms with Crippen LogP contribution in [0.4, 0.5) is 5.69 Å². The van der Waals surface area contributed by atoms with Crippen LogP contribution in [-0.4, -0.2) is 49.5 Å². The Hall–Kier alpha value is -2.80. The van der Waals surface area contributed by atoms with E-state index in [-0.39, 0.29) is 24.3 Å². The minimum atomic E-state index is -0.276. The van der Waals surface area contributed by atoms with Gasteiger partial charge in [0.2, 0.25) is 5.91 Å². The Morgan fingerprint density at radius 3 is 2.64 bits per heavy atom. The van der Waals surface area contributed by atoms with Crippen molar-refractivity contribution in [3.05, 3.63) is 47.9 Å². The first-order chi connectivity index (χ1) is 13.6. The molecule has 2 fully saturated rings. The highest BCUT2D eigenvalue weighted by Crippen LogP contribution is 2.24. The fraction of sp³-hybridized carbons (Fsp3) is 0.429. The molecule has 0 spiro atoms. The first-order valence-corrected chi connectivity index (χ1v) is 9.69. The SMILES string of the molecule is COc1ccc(N2CC(NC(=O)c3ccc(CN4CCCC4)o3)CC2=O)cc1. The van der Waals surface area contributed by atoms with E-state index in [1.165, 1.54) is 12.8 Å². The lowest BCUT2D eigenvalue weighted by atomic mass is 10.2. The molecule has 148 valence electrons. The number of methoxy groups -OCH3 is 1. The van der Waals surface area contributed by atoms with Crippen molar-refractivity contribution in [1.82, 2.24) is 10.2 Å². The standard InChI is InChI=1S/C21H25N3O4/c1-27-17-6-4-16(5-7-17)24-13-15(12-20(24)25)22-21(26)19-9-8-18(28-19)14-23-10-2-3-11-23/h4-9,15H,2-3,10-14H2,1H3,(H,22,26). The fourth-order valence-electron chi connectivity index (χ4n) is 3.82.